The van der Waals surface area contributed by atoms with Crippen molar-refractivity contribution in [2.45, 2.75) is 12.5 Å². The lowest BCUT2D eigenvalue weighted by Crippen LogP contribution is -2.35. The molecule has 0 spiro atoms. The molecule has 0 aromatic rings. The fourth-order valence-corrected chi connectivity index (χ4v) is 2.33. The molecule has 0 radical (unpaired) electrons. The molecule has 0 atom stereocenters. The molecule has 0 saturated carbocycles. The fraction of sp³-hybridized carbons (Fsp3) is 0.875. The van der Waals surface area contributed by atoms with Gasteiger partial charge in [0.2, 0.25) is 0 Å². The maximum atomic E-state index is 10.3. The van der Waals surface area contributed by atoms with Gasteiger partial charge in [-0.2, -0.15) is 0 Å². The summed E-state index contributed by atoms with van der Waals surface area (Å²) in [5.41, 5.74) is 4.90. The molecule has 0 fully saturated rings. The Labute approximate surface area is 92.3 Å². The molecule has 0 aliphatic heterocycles. The highest BCUT2D eigenvalue weighted by Gasteiger charge is 2.07. The summed E-state index contributed by atoms with van der Waals surface area (Å²) in [6.07, 6.45) is 1.02. The largest absolute Gasteiger partial charge is 0.400 e. The summed E-state index contributed by atoms with van der Waals surface area (Å²) >= 11 is 0. The van der Waals surface area contributed by atoms with Gasteiger partial charge in [-0.3, -0.25) is 0 Å². The Morgan fingerprint density at radius 1 is 1.27 bits per heavy atom. The van der Waals surface area contributed by atoms with Crippen molar-refractivity contribution in [1.82, 2.24) is 10.6 Å². The SMILES string of the molecule is CO[SiH](CCCNCCNC(N)=O)OC. The zero-order valence-corrected chi connectivity index (χ0v) is 10.6. The van der Waals surface area contributed by atoms with Crippen LogP contribution in [0.5, 0.6) is 0 Å². The minimum atomic E-state index is -1.40. The second-order valence-electron chi connectivity index (χ2n) is 3.08. The lowest BCUT2D eigenvalue weighted by atomic mass is 10.4. The van der Waals surface area contributed by atoms with Crippen LogP contribution in [-0.2, 0) is 8.85 Å². The van der Waals surface area contributed by atoms with Gasteiger partial charge < -0.3 is 25.2 Å². The number of primary amides is 1. The Balaban J connectivity index is 3.14. The van der Waals surface area contributed by atoms with Crippen molar-refractivity contribution in [2.24, 2.45) is 5.73 Å². The van der Waals surface area contributed by atoms with Crippen LogP contribution in [0.1, 0.15) is 6.42 Å². The van der Waals surface area contributed by atoms with E-state index in [0.29, 0.717) is 6.54 Å². The fourth-order valence-electron chi connectivity index (χ4n) is 1.12. The van der Waals surface area contributed by atoms with E-state index in [9.17, 15) is 4.79 Å². The Bertz CT molecular complexity index is 167. The summed E-state index contributed by atoms with van der Waals surface area (Å²) in [6.45, 7) is 2.19. The molecule has 6 nitrogen and oxygen atoms in total. The molecule has 2 amide bonds. The minimum absolute atomic E-state index is 0.483. The van der Waals surface area contributed by atoms with E-state index in [1.54, 1.807) is 14.2 Å². The molecular weight excluding hydrogens is 214 g/mol. The van der Waals surface area contributed by atoms with E-state index in [4.69, 9.17) is 14.6 Å². The number of rotatable bonds is 9. The third kappa shape index (κ3) is 9.67. The summed E-state index contributed by atoms with van der Waals surface area (Å²) < 4.78 is 10.3. The molecule has 7 heteroatoms. The Morgan fingerprint density at radius 3 is 2.47 bits per heavy atom. The number of urea groups is 1. The lowest BCUT2D eigenvalue weighted by molar-refractivity contribution is 0.249. The van der Waals surface area contributed by atoms with Gasteiger partial charge in [-0.1, -0.05) is 0 Å². The summed E-state index contributed by atoms with van der Waals surface area (Å²) in [5, 5.41) is 5.69. The standard InChI is InChI=1S/C8H21N3O3Si/c1-13-15(14-2)7-3-4-10-5-6-11-8(9)12/h10,15H,3-7H2,1-2H3,(H3,9,11,12). The molecular formula is C8H21N3O3Si. The molecule has 0 aromatic carbocycles. The van der Waals surface area contributed by atoms with Gasteiger partial charge in [-0.15, -0.1) is 0 Å². The third-order valence-corrected chi connectivity index (χ3v) is 3.85. The van der Waals surface area contributed by atoms with Crippen LogP contribution in [0.4, 0.5) is 4.79 Å². The highest BCUT2D eigenvalue weighted by molar-refractivity contribution is 6.44. The van der Waals surface area contributed by atoms with Crippen molar-refractivity contribution in [3.63, 3.8) is 0 Å². The molecule has 4 N–H and O–H groups in total. The smallest absolute Gasteiger partial charge is 0.320 e. The van der Waals surface area contributed by atoms with Crippen LogP contribution in [0.2, 0.25) is 6.04 Å². The van der Waals surface area contributed by atoms with Crippen molar-refractivity contribution in [3.8, 4) is 0 Å². The molecule has 90 valence electrons. The Morgan fingerprint density at radius 2 is 1.93 bits per heavy atom. The molecule has 0 aromatic heterocycles. The number of nitrogens with two attached hydrogens (primary N) is 1. The number of amides is 2. The maximum Gasteiger partial charge on any atom is 0.320 e. The first-order valence-corrected chi connectivity index (χ1v) is 6.76. The van der Waals surface area contributed by atoms with Gasteiger partial charge in [0.05, 0.1) is 0 Å². The zero-order valence-electron chi connectivity index (χ0n) is 9.41. The predicted octanol–water partition coefficient (Wildman–Crippen LogP) is -0.852. The molecule has 15 heavy (non-hydrogen) atoms. The van der Waals surface area contributed by atoms with E-state index in [2.05, 4.69) is 10.6 Å². The van der Waals surface area contributed by atoms with E-state index >= 15 is 0 Å². The van der Waals surface area contributed by atoms with E-state index in [0.717, 1.165) is 25.6 Å². The van der Waals surface area contributed by atoms with Crippen molar-refractivity contribution in [3.05, 3.63) is 0 Å². The van der Waals surface area contributed by atoms with E-state index in [1.165, 1.54) is 0 Å². The normalized spacial score (nSPS) is 10.6. The topological polar surface area (TPSA) is 85.6 Å². The van der Waals surface area contributed by atoms with Crippen molar-refractivity contribution < 1.29 is 13.6 Å². The average molecular weight is 235 g/mol. The maximum absolute atomic E-state index is 10.3. The van der Waals surface area contributed by atoms with Gasteiger partial charge in [0.15, 0.2) is 0 Å². The Kier molecular flexibility index (Phi) is 9.49. The molecule has 0 bridgehead atoms. The zero-order chi connectivity index (χ0) is 11.5. The van der Waals surface area contributed by atoms with Crippen molar-refractivity contribution in [1.29, 1.82) is 0 Å². The second kappa shape index (κ2) is 9.90. The summed E-state index contributed by atoms with van der Waals surface area (Å²) in [4.78, 5) is 10.3. The first kappa shape index (κ1) is 14.4. The van der Waals surface area contributed by atoms with Gasteiger partial charge >= 0.3 is 15.3 Å². The predicted molar refractivity (Wildman–Crippen MR) is 61.0 cm³/mol. The van der Waals surface area contributed by atoms with Crippen LogP contribution in [0.15, 0.2) is 0 Å². The number of carbonyl (C=O) groups excluding carboxylic acids is 1. The van der Waals surface area contributed by atoms with E-state index in [-0.39, 0.29) is 0 Å². The lowest BCUT2D eigenvalue weighted by Gasteiger charge is -2.10. The van der Waals surface area contributed by atoms with Crippen LogP contribution in [0.3, 0.4) is 0 Å². The summed E-state index contributed by atoms with van der Waals surface area (Å²) in [5.74, 6) is 0. The van der Waals surface area contributed by atoms with E-state index < -0.39 is 15.3 Å². The average Bonchev–Trinajstić information content (AvgIpc) is 2.22. The molecule has 0 heterocycles. The van der Waals surface area contributed by atoms with Crippen molar-refractivity contribution >= 4 is 15.3 Å². The molecule has 0 rings (SSSR count). The van der Waals surface area contributed by atoms with E-state index in [1.807, 2.05) is 0 Å². The van der Waals surface area contributed by atoms with Crippen LogP contribution in [0.25, 0.3) is 0 Å². The highest BCUT2D eigenvalue weighted by atomic mass is 28.3. The van der Waals surface area contributed by atoms with Crippen LogP contribution < -0.4 is 16.4 Å². The van der Waals surface area contributed by atoms with Gasteiger partial charge in [0.25, 0.3) is 0 Å². The minimum Gasteiger partial charge on any atom is -0.400 e. The number of carbonyl (C=O) groups is 1. The summed E-state index contributed by atoms with van der Waals surface area (Å²) in [6, 6.07) is 0.506. The van der Waals surface area contributed by atoms with Crippen LogP contribution in [0, 0.1) is 0 Å². The van der Waals surface area contributed by atoms with Gasteiger partial charge in [0.1, 0.15) is 0 Å². The third-order valence-electron chi connectivity index (χ3n) is 1.92. The number of hydrogen-bond donors (Lipinski definition) is 3. The summed E-state index contributed by atoms with van der Waals surface area (Å²) in [7, 11) is 1.97. The monoisotopic (exact) mass is 235 g/mol. The van der Waals surface area contributed by atoms with Crippen LogP contribution >= 0.6 is 0 Å². The highest BCUT2D eigenvalue weighted by Crippen LogP contribution is 1.97. The van der Waals surface area contributed by atoms with Gasteiger partial charge in [0, 0.05) is 27.3 Å². The van der Waals surface area contributed by atoms with Gasteiger partial charge in [-0.25, -0.2) is 4.79 Å². The first-order chi connectivity index (χ1) is 7.20. The number of hydrogen-bond acceptors (Lipinski definition) is 4. The second-order valence-corrected chi connectivity index (χ2v) is 5.46. The van der Waals surface area contributed by atoms with Crippen LogP contribution in [-0.4, -0.2) is 49.2 Å². The Hall–Kier alpha value is -0.633. The first-order valence-electron chi connectivity index (χ1n) is 5.00. The quantitative estimate of drug-likeness (QED) is 0.359. The molecule has 0 saturated heterocycles. The van der Waals surface area contributed by atoms with Gasteiger partial charge in [-0.05, 0) is 19.0 Å². The van der Waals surface area contributed by atoms with Crippen molar-refractivity contribution in [2.75, 3.05) is 33.9 Å². The molecule has 0 unspecified atom stereocenters. The molecule has 0 aliphatic carbocycles. The molecule has 0 aliphatic rings. The number of nitrogens with one attached hydrogen (secondary N) is 2.